The molecule has 0 spiro atoms. The monoisotopic (exact) mass is 324 g/mol. The summed E-state index contributed by atoms with van der Waals surface area (Å²) < 4.78 is 27.6. The lowest BCUT2D eigenvalue weighted by atomic mass is 9.81. The Morgan fingerprint density at radius 1 is 1.32 bits per heavy atom. The molecule has 0 atom stereocenters. The highest BCUT2D eigenvalue weighted by molar-refractivity contribution is 7.89. The Balaban J connectivity index is 2.11. The molecule has 1 aromatic rings. The van der Waals surface area contributed by atoms with Gasteiger partial charge >= 0.3 is 0 Å². The number of carbonyl (C=O) groups is 1. The van der Waals surface area contributed by atoms with Crippen molar-refractivity contribution in [2.75, 3.05) is 19.6 Å². The van der Waals surface area contributed by atoms with Crippen molar-refractivity contribution in [2.24, 2.45) is 5.41 Å². The standard InChI is InChI=1S/C16H24N2O3S/c1-3-15(19)13-5-4-6-14(11-13)22(20,21)18-12-16(2)7-9-17-10-8-16/h4-6,11,17-18H,3,7-10,12H2,1-2H3. The SMILES string of the molecule is CCC(=O)c1cccc(S(=O)(=O)NCC2(C)CCNCC2)c1. The average molecular weight is 324 g/mol. The zero-order chi connectivity index (χ0) is 16.2. The van der Waals surface area contributed by atoms with E-state index in [1.807, 2.05) is 0 Å². The average Bonchev–Trinajstić information content (AvgIpc) is 2.53. The maximum atomic E-state index is 12.4. The van der Waals surface area contributed by atoms with Gasteiger partial charge in [-0.3, -0.25) is 4.79 Å². The highest BCUT2D eigenvalue weighted by atomic mass is 32.2. The number of sulfonamides is 1. The Morgan fingerprint density at radius 2 is 2.00 bits per heavy atom. The lowest BCUT2D eigenvalue weighted by molar-refractivity contribution is 0.0988. The molecule has 0 saturated carbocycles. The molecular weight excluding hydrogens is 300 g/mol. The van der Waals surface area contributed by atoms with Gasteiger partial charge in [-0.1, -0.05) is 26.0 Å². The van der Waals surface area contributed by atoms with Crippen LogP contribution in [0.3, 0.4) is 0 Å². The molecule has 1 fully saturated rings. The quantitative estimate of drug-likeness (QED) is 0.784. The normalized spacial score (nSPS) is 18.1. The molecule has 0 bridgehead atoms. The van der Waals surface area contributed by atoms with Crippen molar-refractivity contribution < 1.29 is 13.2 Å². The minimum atomic E-state index is -3.58. The highest BCUT2D eigenvalue weighted by Crippen LogP contribution is 2.27. The zero-order valence-corrected chi connectivity index (χ0v) is 14.0. The van der Waals surface area contributed by atoms with Crippen molar-refractivity contribution in [1.82, 2.24) is 10.0 Å². The van der Waals surface area contributed by atoms with E-state index in [0.29, 0.717) is 18.5 Å². The van der Waals surface area contributed by atoms with E-state index in [2.05, 4.69) is 17.0 Å². The van der Waals surface area contributed by atoms with Gasteiger partial charge in [-0.2, -0.15) is 0 Å². The molecule has 6 heteroatoms. The zero-order valence-electron chi connectivity index (χ0n) is 13.2. The van der Waals surface area contributed by atoms with Crippen LogP contribution in [0.1, 0.15) is 43.5 Å². The fraction of sp³-hybridized carbons (Fsp3) is 0.562. The predicted molar refractivity (Wildman–Crippen MR) is 86.5 cm³/mol. The molecule has 1 heterocycles. The van der Waals surface area contributed by atoms with E-state index in [4.69, 9.17) is 0 Å². The summed E-state index contributed by atoms with van der Waals surface area (Å²) in [4.78, 5) is 11.9. The van der Waals surface area contributed by atoms with E-state index in [1.165, 1.54) is 12.1 Å². The predicted octanol–water partition coefficient (Wildman–Crippen LogP) is 1.95. The number of Topliss-reactive ketones (excluding diaryl/α,β-unsaturated/α-hetero) is 1. The Bertz CT molecular complexity index is 635. The van der Waals surface area contributed by atoms with Crippen LogP contribution in [0.25, 0.3) is 0 Å². The molecule has 1 aliphatic rings. The van der Waals surface area contributed by atoms with E-state index < -0.39 is 10.0 Å². The van der Waals surface area contributed by atoms with Crippen molar-refractivity contribution in [3.63, 3.8) is 0 Å². The maximum absolute atomic E-state index is 12.4. The lowest BCUT2D eigenvalue weighted by Gasteiger charge is -2.34. The molecule has 1 aromatic carbocycles. The molecule has 122 valence electrons. The van der Waals surface area contributed by atoms with Crippen LogP contribution in [-0.4, -0.2) is 33.8 Å². The lowest BCUT2D eigenvalue weighted by Crippen LogP contribution is -2.42. The van der Waals surface area contributed by atoms with Crippen LogP contribution in [0.15, 0.2) is 29.2 Å². The van der Waals surface area contributed by atoms with Crippen LogP contribution < -0.4 is 10.0 Å². The Labute approximate surface area is 132 Å². The third-order valence-corrected chi connectivity index (χ3v) is 5.69. The summed E-state index contributed by atoms with van der Waals surface area (Å²) in [7, 11) is -3.58. The summed E-state index contributed by atoms with van der Waals surface area (Å²) in [5.74, 6) is -0.0534. The number of carbonyl (C=O) groups excluding carboxylic acids is 1. The molecule has 0 unspecified atom stereocenters. The maximum Gasteiger partial charge on any atom is 0.240 e. The third-order valence-electron chi connectivity index (χ3n) is 4.29. The van der Waals surface area contributed by atoms with Gasteiger partial charge in [0, 0.05) is 18.5 Å². The summed E-state index contributed by atoms with van der Waals surface area (Å²) in [6, 6.07) is 6.25. The van der Waals surface area contributed by atoms with Gasteiger partial charge < -0.3 is 5.32 Å². The first kappa shape index (κ1) is 17.1. The highest BCUT2D eigenvalue weighted by Gasteiger charge is 2.28. The van der Waals surface area contributed by atoms with Crippen molar-refractivity contribution in [3.05, 3.63) is 29.8 Å². The van der Waals surface area contributed by atoms with Crippen LogP contribution in [-0.2, 0) is 10.0 Å². The first-order valence-electron chi connectivity index (χ1n) is 7.70. The molecule has 0 aliphatic carbocycles. The summed E-state index contributed by atoms with van der Waals surface area (Å²) in [5, 5.41) is 3.28. The van der Waals surface area contributed by atoms with Crippen molar-refractivity contribution in [2.45, 2.75) is 38.0 Å². The molecular formula is C16H24N2O3S. The van der Waals surface area contributed by atoms with E-state index in [0.717, 1.165) is 25.9 Å². The molecule has 22 heavy (non-hydrogen) atoms. The summed E-state index contributed by atoms with van der Waals surface area (Å²) >= 11 is 0. The number of rotatable bonds is 6. The topological polar surface area (TPSA) is 75.3 Å². The fourth-order valence-electron chi connectivity index (χ4n) is 2.60. The third kappa shape index (κ3) is 4.15. The number of nitrogens with one attached hydrogen (secondary N) is 2. The number of benzene rings is 1. The first-order chi connectivity index (χ1) is 10.4. The van der Waals surface area contributed by atoms with Crippen molar-refractivity contribution >= 4 is 15.8 Å². The smallest absolute Gasteiger partial charge is 0.240 e. The van der Waals surface area contributed by atoms with E-state index >= 15 is 0 Å². The Morgan fingerprint density at radius 3 is 2.64 bits per heavy atom. The molecule has 2 N–H and O–H groups in total. The second-order valence-electron chi connectivity index (χ2n) is 6.19. The number of ketones is 1. The molecule has 5 nitrogen and oxygen atoms in total. The van der Waals surface area contributed by atoms with E-state index in [-0.39, 0.29) is 16.1 Å². The summed E-state index contributed by atoms with van der Waals surface area (Å²) in [5.41, 5.74) is 0.424. The first-order valence-corrected chi connectivity index (χ1v) is 9.18. The number of hydrogen-bond donors (Lipinski definition) is 2. The number of piperidine rings is 1. The second-order valence-corrected chi connectivity index (χ2v) is 7.96. The van der Waals surface area contributed by atoms with Gasteiger partial charge in [-0.15, -0.1) is 0 Å². The molecule has 2 rings (SSSR count). The van der Waals surface area contributed by atoms with E-state index in [9.17, 15) is 13.2 Å². The van der Waals surface area contributed by atoms with Gasteiger partial charge in [0.05, 0.1) is 4.90 Å². The fourth-order valence-corrected chi connectivity index (χ4v) is 3.85. The Hall–Kier alpha value is -1.24. The van der Waals surface area contributed by atoms with Gasteiger partial charge in [0.25, 0.3) is 0 Å². The molecule has 1 aliphatic heterocycles. The van der Waals surface area contributed by atoms with Crippen LogP contribution in [0.2, 0.25) is 0 Å². The van der Waals surface area contributed by atoms with Crippen molar-refractivity contribution in [1.29, 1.82) is 0 Å². The Kier molecular flexibility index (Phi) is 5.36. The van der Waals surface area contributed by atoms with E-state index in [1.54, 1.807) is 19.1 Å². The molecule has 0 radical (unpaired) electrons. The summed E-state index contributed by atoms with van der Waals surface area (Å²) in [6.07, 6.45) is 2.26. The minimum Gasteiger partial charge on any atom is -0.317 e. The minimum absolute atomic E-state index is 0.0187. The molecule has 1 saturated heterocycles. The van der Waals surface area contributed by atoms with Crippen molar-refractivity contribution in [3.8, 4) is 0 Å². The molecule has 0 amide bonds. The second kappa shape index (κ2) is 6.89. The van der Waals surface area contributed by atoms with Gasteiger partial charge in [0.15, 0.2) is 5.78 Å². The van der Waals surface area contributed by atoms with Gasteiger partial charge in [-0.05, 0) is 43.5 Å². The van der Waals surface area contributed by atoms with Gasteiger partial charge in [0.1, 0.15) is 0 Å². The summed E-state index contributed by atoms with van der Waals surface area (Å²) in [6.45, 7) is 6.12. The van der Waals surface area contributed by atoms with Crippen LogP contribution in [0.4, 0.5) is 0 Å². The molecule has 0 aromatic heterocycles. The van der Waals surface area contributed by atoms with Crippen LogP contribution >= 0.6 is 0 Å². The largest absolute Gasteiger partial charge is 0.317 e. The van der Waals surface area contributed by atoms with Gasteiger partial charge in [0.2, 0.25) is 10.0 Å². The van der Waals surface area contributed by atoms with Crippen LogP contribution in [0.5, 0.6) is 0 Å². The van der Waals surface area contributed by atoms with Crippen LogP contribution in [0, 0.1) is 5.41 Å². The van der Waals surface area contributed by atoms with Gasteiger partial charge in [-0.25, -0.2) is 13.1 Å². The number of hydrogen-bond acceptors (Lipinski definition) is 4.